The van der Waals surface area contributed by atoms with Crippen molar-refractivity contribution in [3.63, 3.8) is 0 Å². The average Bonchev–Trinajstić information content (AvgIpc) is 3.33. The fourth-order valence-corrected chi connectivity index (χ4v) is 4.49. The van der Waals surface area contributed by atoms with E-state index in [4.69, 9.17) is 9.47 Å². The predicted octanol–water partition coefficient (Wildman–Crippen LogP) is 3.88. The second-order valence-corrected chi connectivity index (χ2v) is 8.65. The van der Waals surface area contributed by atoms with Crippen LogP contribution in [0.2, 0.25) is 0 Å². The van der Waals surface area contributed by atoms with E-state index in [1.807, 2.05) is 25.1 Å². The zero-order valence-corrected chi connectivity index (χ0v) is 19.0. The smallest absolute Gasteiger partial charge is 0.161 e. The largest absolute Gasteiger partial charge is 0.490 e. The van der Waals surface area contributed by atoms with E-state index in [1.54, 1.807) is 0 Å². The van der Waals surface area contributed by atoms with Gasteiger partial charge in [0.25, 0.3) is 0 Å². The average molecular weight is 424 g/mol. The first-order valence-corrected chi connectivity index (χ1v) is 11.9. The van der Waals surface area contributed by atoms with E-state index < -0.39 is 0 Å². The highest BCUT2D eigenvalue weighted by molar-refractivity contribution is 5.43. The number of hydrogen-bond acceptors (Lipinski definition) is 5. The zero-order chi connectivity index (χ0) is 21.3. The van der Waals surface area contributed by atoms with E-state index in [1.165, 1.54) is 57.7 Å². The van der Waals surface area contributed by atoms with Gasteiger partial charge in [0.1, 0.15) is 6.61 Å². The van der Waals surface area contributed by atoms with Gasteiger partial charge in [0.2, 0.25) is 0 Å². The van der Waals surface area contributed by atoms with E-state index in [-0.39, 0.29) is 0 Å². The molecule has 4 rings (SSSR count). The third-order valence-electron chi connectivity index (χ3n) is 6.35. The van der Waals surface area contributed by atoms with Crippen molar-refractivity contribution < 1.29 is 9.47 Å². The Hall–Kier alpha value is -2.08. The van der Waals surface area contributed by atoms with Gasteiger partial charge < -0.3 is 14.4 Å². The Balaban J connectivity index is 1.26. The summed E-state index contributed by atoms with van der Waals surface area (Å²) in [7, 11) is 0. The summed E-state index contributed by atoms with van der Waals surface area (Å²) in [6, 6.07) is 16.7. The van der Waals surface area contributed by atoms with E-state index >= 15 is 0 Å². The molecule has 2 aliphatic heterocycles. The summed E-state index contributed by atoms with van der Waals surface area (Å²) >= 11 is 0. The van der Waals surface area contributed by atoms with Crippen LogP contribution in [0.4, 0.5) is 0 Å². The van der Waals surface area contributed by atoms with E-state index in [0.29, 0.717) is 13.2 Å². The Bertz CT molecular complexity index is 784. The molecule has 0 atom stereocenters. The number of nitrogens with zero attached hydrogens (tertiary/aromatic N) is 3. The van der Waals surface area contributed by atoms with Crippen molar-refractivity contribution in [1.82, 2.24) is 14.7 Å². The quantitative estimate of drug-likeness (QED) is 0.578. The molecule has 5 heteroatoms. The molecule has 0 bridgehead atoms. The molecule has 0 radical (unpaired) electrons. The van der Waals surface area contributed by atoms with Gasteiger partial charge in [-0.2, -0.15) is 0 Å². The Morgan fingerprint density at radius 3 is 2.06 bits per heavy atom. The van der Waals surface area contributed by atoms with Crippen LogP contribution in [-0.4, -0.2) is 73.7 Å². The summed E-state index contributed by atoms with van der Waals surface area (Å²) in [5.74, 6) is 1.67. The lowest BCUT2D eigenvalue weighted by Crippen LogP contribution is -2.47. The second-order valence-electron chi connectivity index (χ2n) is 8.65. The van der Waals surface area contributed by atoms with Gasteiger partial charge in [-0.05, 0) is 56.1 Å². The van der Waals surface area contributed by atoms with Crippen molar-refractivity contribution >= 4 is 0 Å². The standard InChI is InChI=1S/C26H37N3O2/c1-2-30-26-20-24(10-11-25(26)31-22-23-8-4-3-5-9-23)21-29-18-16-28(17-19-29)15-14-27-12-6-7-13-27/h3-5,8-11,20H,2,6-7,12-19,21-22H2,1H3. The van der Waals surface area contributed by atoms with E-state index in [9.17, 15) is 0 Å². The minimum atomic E-state index is 0.555. The van der Waals surface area contributed by atoms with Crippen LogP contribution in [0.1, 0.15) is 30.9 Å². The van der Waals surface area contributed by atoms with Gasteiger partial charge in [-0.25, -0.2) is 0 Å². The number of piperazine rings is 1. The second kappa shape index (κ2) is 11.5. The molecule has 168 valence electrons. The molecule has 2 aromatic rings. The van der Waals surface area contributed by atoms with Gasteiger partial charge in [-0.1, -0.05) is 36.4 Å². The molecule has 0 aromatic heterocycles. The SMILES string of the molecule is CCOc1cc(CN2CCN(CCN3CCCC3)CC2)ccc1OCc1ccccc1. The molecule has 2 saturated heterocycles. The Morgan fingerprint density at radius 2 is 1.35 bits per heavy atom. The van der Waals surface area contributed by atoms with Crippen LogP contribution in [0.3, 0.4) is 0 Å². The number of rotatable bonds is 10. The first-order valence-electron chi connectivity index (χ1n) is 11.9. The lowest BCUT2D eigenvalue weighted by atomic mass is 10.1. The fourth-order valence-electron chi connectivity index (χ4n) is 4.49. The molecule has 5 nitrogen and oxygen atoms in total. The first-order chi connectivity index (χ1) is 15.3. The van der Waals surface area contributed by atoms with Gasteiger partial charge in [0.15, 0.2) is 11.5 Å². The molecule has 0 aliphatic carbocycles. The lowest BCUT2D eigenvalue weighted by Gasteiger charge is -2.35. The van der Waals surface area contributed by atoms with Crippen molar-refractivity contribution in [2.45, 2.75) is 32.9 Å². The highest BCUT2D eigenvalue weighted by Gasteiger charge is 2.19. The summed E-state index contributed by atoms with van der Waals surface area (Å²) in [4.78, 5) is 7.80. The zero-order valence-electron chi connectivity index (χ0n) is 19.0. The summed E-state index contributed by atoms with van der Waals surface area (Å²) in [6.45, 7) is 13.9. The molecular formula is C26H37N3O2. The summed E-state index contributed by atoms with van der Waals surface area (Å²) in [5, 5.41) is 0. The Morgan fingerprint density at radius 1 is 0.677 bits per heavy atom. The highest BCUT2D eigenvalue weighted by atomic mass is 16.5. The molecule has 0 spiro atoms. The highest BCUT2D eigenvalue weighted by Crippen LogP contribution is 2.30. The van der Waals surface area contributed by atoms with Gasteiger partial charge in [-0.15, -0.1) is 0 Å². The maximum Gasteiger partial charge on any atom is 0.161 e. The minimum Gasteiger partial charge on any atom is -0.490 e. The lowest BCUT2D eigenvalue weighted by molar-refractivity contribution is 0.117. The van der Waals surface area contributed by atoms with Gasteiger partial charge in [0.05, 0.1) is 6.61 Å². The summed E-state index contributed by atoms with van der Waals surface area (Å²) in [6.07, 6.45) is 2.77. The topological polar surface area (TPSA) is 28.2 Å². The minimum absolute atomic E-state index is 0.555. The number of hydrogen-bond donors (Lipinski definition) is 0. The molecule has 2 aromatic carbocycles. The van der Waals surface area contributed by atoms with Crippen LogP contribution < -0.4 is 9.47 Å². The Labute approximate surface area is 187 Å². The molecule has 2 aliphatic rings. The van der Waals surface area contributed by atoms with Crippen molar-refractivity contribution in [3.05, 3.63) is 59.7 Å². The van der Waals surface area contributed by atoms with Gasteiger partial charge >= 0.3 is 0 Å². The van der Waals surface area contributed by atoms with Crippen LogP contribution in [-0.2, 0) is 13.2 Å². The molecule has 0 unspecified atom stereocenters. The number of likely N-dealkylation sites (tertiary alicyclic amines) is 1. The third-order valence-corrected chi connectivity index (χ3v) is 6.35. The van der Waals surface area contributed by atoms with Gasteiger partial charge in [0, 0.05) is 45.8 Å². The fraction of sp³-hybridized carbons (Fsp3) is 0.538. The monoisotopic (exact) mass is 423 g/mol. The van der Waals surface area contributed by atoms with Crippen molar-refractivity contribution in [2.75, 3.05) is 59.0 Å². The van der Waals surface area contributed by atoms with Crippen molar-refractivity contribution in [3.8, 4) is 11.5 Å². The molecule has 0 amide bonds. The third kappa shape index (κ3) is 6.70. The van der Waals surface area contributed by atoms with Gasteiger partial charge in [-0.3, -0.25) is 9.80 Å². The van der Waals surface area contributed by atoms with Crippen molar-refractivity contribution in [1.29, 1.82) is 0 Å². The maximum absolute atomic E-state index is 6.05. The van der Waals surface area contributed by atoms with Crippen LogP contribution >= 0.6 is 0 Å². The summed E-state index contributed by atoms with van der Waals surface area (Å²) < 4.78 is 12.0. The first kappa shape index (κ1) is 22.1. The van der Waals surface area contributed by atoms with Crippen LogP contribution in [0.25, 0.3) is 0 Å². The van der Waals surface area contributed by atoms with E-state index in [0.717, 1.165) is 36.7 Å². The number of ether oxygens (including phenoxy) is 2. The molecule has 2 fully saturated rings. The van der Waals surface area contributed by atoms with Crippen LogP contribution in [0, 0.1) is 0 Å². The number of benzene rings is 2. The molecule has 0 N–H and O–H groups in total. The van der Waals surface area contributed by atoms with E-state index in [2.05, 4.69) is 45.0 Å². The maximum atomic E-state index is 6.05. The molecule has 0 saturated carbocycles. The molecule has 31 heavy (non-hydrogen) atoms. The normalized spacial score (nSPS) is 18.4. The molecular weight excluding hydrogens is 386 g/mol. The van der Waals surface area contributed by atoms with Crippen LogP contribution in [0.5, 0.6) is 11.5 Å². The summed E-state index contributed by atoms with van der Waals surface area (Å²) in [5.41, 5.74) is 2.46. The predicted molar refractivity (Wildman–Crippen MR) is 126 cm³/mol. The molecule has 2 heterocycles. The van der Waals surface area contributed by atoms with Crippen molar-refractivity contribution in [2.24, 2.45) is 0 Å². The Kier molecular flexibility index (Phi) is 8.22. The van der Waals surface area contributed by atoms with Crippen LogP contribution in [0.15, 0.2) is 48.5 Å².